The molecule has 0 aliphatic rings. The van der Waals surface area contributed by atoms with E-state index in [9.17, 15) is 14.9 Å². The minimum absolute atomic E-state index is 0.0712. The van der Waals surface area contributed by atoms with Gasteiger partial charge in [0.1, 0.15) is 5.69 Å². The van der Waals surface area contributed by atoms with Crippen molar-refractivity contribution in [2.75, 3.05) is 7.05 Å². The first-order valence-corrected chi connectivity index (χ1v) is 8.12. The van der Waals surface area contributed by atoms with Crippen molar-refractivity contribution in [1.82, 2.24) is 15.1 Å². The third kappa shape index (κ3) is 3.73. The van der Waals surface area contributed by atoms with Crippen LogP contribution in [-0.2, 0) is 6.54 Å². The maximum absolute atomic E-state index is 12.6. The standard InChI is InChI=1S/C18H15ClN4O3/c1-22(11-13-9-14(23(25)26)7-8-15(13)19)18(24)17-10-16(20-21-17)12-5-3-2-4-6-12/h2-10H,11H2,1H3,(H,20,21). The minimum atomic E-state index is -0.497. The molecule has 1 heterocycles. The van der Waals surface area contributed by atoms with E-state index in [0.29, 0.717) is 22.0 Å². The molecule has 132 valence electrons. The Hall–Kier alpha value is -3.19. The molecule has 0 aliphatic carbocycles. The van der Waals surface area contributed by atoms with E-state index in [0.717, 1.165) is 5.56 Å². The number of H-pyrrole nitrogens is 1. The van der Waals surface area contributed by atoms with E-state index in [1.54, 1.807) is 13.1 Å². The van der Waals surface area contributed by atoms with Crippen LogP contribution in [0.2, 0.25) is 5.02 Å². The van der Waals surface area contributed by atoms with Gasteiger partial charge in [-0.05, 0) is 17.7 Å². The Bertz CT molecular complexity index is 956. The number of aromatic nitrogens is 2. The number of aromatic amines is 1. The highest BCUT2D eigenvalue weighted by Crippen LogP contribution is 2.24. The van der Waals surface area contributed by atoms with Crippen LogP contribution in [0, 0.1) is 10.1 Å². The molecule has 7 nitrogen and oxygen atoms in total. The van der Waals surface area contributed by atoms with Crippen molar-refractivity contribution in [2.24, 2.45) is 0 Å². The van der Waals surface area contributed by atoms with E-state index >= 15 is 0 Å². The van der Waals surface area contributed by atoms with E-state index in [4.69, 9.17) is 11.6 Å². The van der Waals surface area contributed by atoms with Crippen LogP contribution >= 0.6 is 11.6 Å². The Balaban J connectivity index is 1.78. The molecule has 0 spiro atoms. The fourth-order valence-corrected chi connectivity index (χ4v) is 2.69. The number of nitrogens with zero attached hydrogens (tertiary/aromatic N) is 3. The smallest absolute Gasteiger partial charge is 0.271 e. The molecule has 2 aromatic carbocycles. The predicted molar refractivity (Wildman–Crippen MR) is 97.9 cm³/mol. The zero-order valence-corrected chi connectivity index (χ0v) is 14.6. The van der Waals surface area contributed by atoms with Crippen molar-refractivity contribution in [1.29, 1.82) is 0 Å². The summed E-state index contributed by atoms with van der Waals surface area (Å²) < 4.78 is 0. The van der Waals surface area contributed by atoms with Gasteiger partial charge in [0.2, 0.25) is 0 Å². The number of benzene rings is 2. The van der Waals surface area contributed by atoms with E-state index in [1.807, 2.05) is 30.3 Å². The number of nitrogens with one attached hydrogen (secondary N) is 1. The van der Waals surface area contributed by atoms with Gasteiger partial charge in [-0.3, -0.25) is 20.0 Å². The number of hydrogen-bond acceptors (Lipinski definition) is 4. The van der Waals surface area contributed by atoms with Crippen LogP contribution in [0.25, 0.3) is 11.3 Å². The molecule has 0 bridgehead atoms. The van der Waals surface area contributed by atoms with Crippen LogP contribution in [0.15, 0.2) is 54.6 Å². The molecular formula is C18H15ClN4O3. The van der Waals surface area contributed by atoms with Gasteiger partial charge in [0.25, 0.3) is 11.6 Å². The highest BCUT2D eigenvalue weighted by molar-refractivity contribution is 6.31. The molecule has 0 aliphatic heterocycles. The van der Waals surface area contributed by atoms with Crippen molar-refractivity contribution < 1.29 is 9.72 Å². The lowest BCUT2D eigenvalue weighted by atomic mass is 10.1. The van der Waals surface area contributed by atoms with Gasteiger partial charge in [-0.2, -0.15) is 5.10 Å². The summed E-state index contributed by atoms with van der Waals surface area (Å²) in [4.78, 5) is 24.4. The molecule has 0 fully saturated rings. The number of non-ortho nitro benzene ring substituents is 1. The zero-order chi connectivity index (χ0) is 18.7. The van der Waals surface area contributed by atoms with Crippen LogP contribution in [-0.4, -0.2) is 33.0 Å². The Labute approximate surface area is 154 Å². The molecule has 0 unspecified atom stereocenters. The summed E-state index contributed by atoms with van der Waals surface area (Å²) in [6, 6.07) is 15.3. The molecular weight excluding hydrogens is 356 g/mol. The average molecular weight is 371 g/mol. The minimum Gasteiger partial charge on any atom is -0.336 e. The summed E-state index contributed by atoms with van der Waals surface area (Å²) in [5.74, 6) is -0.290. The third-order valence-electron chi connectivity index (χ3n) is 3.87. The fraction of sp³-hybridized carbons (Fsp3) is 0.111. The van der Waals surface area contributed by atoms with Gasteiger partial charge < -0.3 is 4.90 Å². The lowest BCUT2D eigenvalue weighted by molar-refractivity contribution is -0.384. The predicted octanol–water partition coefficient (Wildman–Crippen LogP) is 3.91. The van der Waals surface area contributed by atoms with E-state index in [1.165, 1.54) is 23.1 Å². The molecule has 8 heteroatoms. The lowest BCUT2D eigenvalue weighted by Crippen LogP contribution is -2.26. The molecule has 0 saturated heterocycles. The Kier molecular flexibility index (Phi) is 4.99. The van der Waals surface area contributed by atoms with Gasteiger partial charge in [-0.1, -0.05) is 41.9 Å². The number of carbonyl (C=O) groups excluding carboxylic acids is 1. The van der Waals surface area contributed by atoms with Crippen molar-refractivity contribution >= 4 is 23.2 Å². The number of carbonyl (C=O) groups is 1. The molecule has 1 aromatic heterocycles. The second-order valence-electron chi connectivity index (χ2n) is 5.73. The monoisotopic (exact) mass is 370 g/mol. The average Bonchev–Trinajstić information content (AvgIpc) is 3.13. The maximum atomic E-state index is 12.6. The maximum Gasteiger partial charge on any atom is 0.271 e. The number of nitro benzene ring substituents is 1. The third-order valence-corrected chi connectivity index (χ3v) is 4.24. The summed E-state index contributed by atoms with van der Waals surface area (Å²) in [6.45, 7) is 0.138. The normalized spacial score (nSPS) is 10.5. The Morgan fingerprint density at radius 2 is 1.96 bits per heavy atom. The second kappa shape index (κ2) is 7.37. The first kappa shape index (κ1) is 17.6. The second-order valence-corrected chi connectivity index (χ2v) is 6.13. The topological polar surface area (TPSA) is 92.1 Å². The summed E-state index contributed by atoms with van der Waals surface area (Å²) >= 11 is 6.10. The van der Waals surface area contributed by atoms with Crippen molar-refractivity contribution in [3.05, 3.63) is 81.0 Å². The van der Waals surface area contributed by atoms with E-state index in [2.05, 4.69) is 10.2 Å². The highest BCUT2D eigenvalue weighted by atomic mass is 35.5. The first-order valence-electron chi connectivity index (χ1n) is 7.75. The lowest BCUT2D eigenvalue weighted by Gasteiger charge is -2.17. The van der Waals surface area contributed by atoms with Gasteiger partial charge in [0.05, 0.1) is 10.6 Å². The van der Waals surface area contributed by atoms with Gasteiger partial charge in [0, 0.05) is 36.3 Å². The summed E-state index contributed by atoms with van der Waals surface area (Å²) in [6.07, 6.45) is 0. The Morgan fingerprint density at radius 3 is 2.65 bits per heavy atom. The fourth-order valence-electron chi connectivity index (χ4n) is 2.52. The van der Waals surface area contributed by atoms with Gasteiger partial charge in [-0.25, -0.2) is 0 Å². The SMILES string of the molecule is CN(Cc1cc([N+](=O)[O-])ccc1Cl)C(=O)c1cc(-c2ccccc2)n[nH]1. The number of hydrogen-bond donors (Lipinski definition) is 1. The van der Waals surface area contributed by atoms with Gasteiger partial charge >= 0.3 is 0 Å². The molecule has 0 atom stereocenters. The van der Waals surface area contributed by atoms with Crippen LogP contribution in [0.3, 0.4) is 0 Å². The van der Waals surface area contributed by atoms with Gasteiger partial charge in [0.15, 0.2) is 0 Å². The molecule has 26 heavy (non-hydrogen) atoms. The number of nitro groups is 1. The molecule has 3 rings (SSSR count). The molecule has 3 aromatic rings. The van der Waals surface area contributed by atoms with E-state index < -0.39 is 4.92 Å². The van der Waals surface area contributed by atoms with Crippen LogP contribution in [0.5, 0.6) is 0 Å². The zero-order valence-electron chi connectivity index (χ0n) is 13.8. The van der Waals surface area contributed by atoms with Crippen molar-refractivity contribution in [3.8, 4) is 11.3 Å². The van der Waals surface area contributed by atoms with Gasteiger partial charge in [-0.15, -0.1) is 0 Å². The van der Waals surface area contributed by atoms with Crippen LogP contribution in [0.1, 0.15) is 16.1 Å². The number of halogens is 1. The molecule has 1 N–H and O–H groups in total. The molecule has 0 radical (unpaired) electrons. The largest absolute Gasteiger partial charge is 0.336 e. The van der Waals surface area contributed by atoms with Crippen molar-refractivity contribution in [2.45, 2.75) is 6.54 Å². The molecule has 1 amide bonds. The number of rotatable bonds is 5. The van der Waals surface area contributed by atoms with Crippen molar-refractivity contribution in [3.63, 3.8) is 0 Å². The van der Waals surface area contributed by atoms with Crippen LogP contribution in [0.4, 0.5) is 5.69 Å². The highest BCUT2D eigenvalue weighted by Gasteiger charge is 2.18. The van der Waals surface area contributed by atoms with Crippen LogP contribution < -0.4 is 0 Å². The summed E-state index contributed by atoms with van der Waals surface area (Å²) in [5.41, 5.74) is 2.31. The first-order chi connectivity index (χ1) is 12.5. The molecule has 0 saturated carbocycles. The Morgan fingerprint density at radius 1 is 1.23 bits per heavy atom. The quantitative estimate of drug-likeness (QED) is 0.544. The summed E-state index contributed by atoms with van der Waals surface area (Å²) in [7, 11) is 1.60. The summed E-state index contributed by atoms with van der Waals surface area (Å²) in [5, 5.41) is 18.2. The van der Waals surface area contributed by atoms with E-state index in [-0.39, 0.29) is 18.1 Å². The number of amides is 1.